The second kappa shape index (κ2) is 6.30. The number of anilines is 1. The average molecular weight is 294 g/mol. The highest BCUT2D eigenvalue weighted by Gasteiger charge is 2.35. The van der Waals surface area contributed by atoms with Crippen molar-refractivity contribution in [3.63, 3.8) is 0 Å². The molecule has 0 atom stereocenters. The predicted molar refractivity (Wildman–Crippen MR) is 80.7 cm³/mol. The Bertz CT molecular complexity index is 510. The zero-order chi connectivity index (χ0) is 15.5. The number of methoxy groups -OCH3 is 1. The summed E-state index contributed by atoms with van der Waals surface area (Å²) in [6.45, 7) is 2.16. The monoisotopic (exact) mass is 294 g/mol. The number of hydrogen-bond acceptors (Lipinski definition) is 5. The van der Waals surface area contributed by atoms with Crippen molar-refractivity contribution in [1.29, 1.82) is 0 Å². The Morgan fingerprint density at radius 1 is 1.48 bits per heavy atom. The van der Waals surface area contributed by atoms with Crippen LogP contribution in [0.5, 0.6) is 5.75 Å². The van der Waals surface area contributed by atoms with Crippen LogP contribution in [-0.2, 0) is 0 Å². The third-order valence-electron chi connectivity index (χ3n) is 4.33. The highest BCUT2D eigenvalue weighted by Crippen LogP contribution is 2.38. The summed E-state index contributed by atoms with van der Waals surface area (Å²) in [4.78, 5) is 10.8. The molecule has 0 aromatic heterocycles. The maximum Gasteiger partial charge on any atom is 0.292 e. The normalized spacial score (nSPS) is 25.4. The van der Waals surface area contributed by atoms with Crippen LogP contribution in [0, 0.1) is 16.0 Å². The van der Waals surface area contributed by atoms with Gasteiger partial charge < -0.3 is 15.2 Å². The highest BCUT2D eigenvalue weighted by molar-refractivity contribution is 5.65. The van der Waals surface area contributed by atoms with Crippen LogP contribution in [0.15, 0.2) is 18.2 Å². The molecular weight excluding hydrogens is 272 g/mol. The first-order valence-corrected chi connectivity index (χ1v) is 7.21. The third kappa shape index (κ3) is 3.44. The van der Waals surface area contributed by atoms with Gasteiger partial charge in [0, 0.05) is 12.1 Å². The summed E-state index contributed by atoms with van der Waals surface area (Å²) >= 11 is 0. The zero-order valence-electron chi connectivity index (χ0n) is 12.5. The minimum atomic E-state index is -0.483. The van der Waals surface area contributed by atoms with E-state index in [4.69, 9.17) is 4.74 Å². The third-order valence-corrected chi connectivity index (χ3v) is 4.33. The van der Waals surface area contributed by atoms with Gasteiger partial charge >= 0.3 is 0 Å². The van der Waals surface area contributed by atoms with E-state index in [1.807, 2.05) is 0 Å². The number of nitro groups is 1. The molecule has 1 saturated carbocycles. The van der Waals surface area contributed by atoms with Crippen LogP contribution in [0.1, 0.15) is 32.6 Å². The molecule has 1 aromatic rings. The summed E-state index contributed by atoms with van der Waals surface area (Å²) in [5.41, 5.74) is -0.0749. The van der Waals surface area contributed by atoms with Crippen LogP contribution in [-0.4, -0.2) is 29.3 Å². The first kappa shape index (κ1) is 15.6. The van der Waals surface area contributed by atoms with Gasteiger partial charge in [-0.3, -0.25) is 10.1 Å². The number of ether oxygens (including phenoxy) is 1. The van der Waals surface area contributed by atoms with Gasteiger partial charge in [-0.1, -0.05) is 6.92 Å². The van der Waals surface area contributed by atoms with Crippen molar-refractivity contribution in [1.82, 2.24) is 0 Å². The summed E-state index contributed by atoms with van der Waals surface area (Å²) in [6.07, 6.45) is 3.62. The van der Waals surface area contributed by atoms with Gasteiger partial charge in [0.05, 0.1) is 24.2 Å². The Morgan fingerprint density at radius 2 is 2.14 bits per heavy atom. The fraction of sp³-hybridized carbons (Fsp3) is 0.600. The number of hydrogen-bond donors (Lipinski definition) is 2. The number of aliphatic hydroxyl groups is 1. The van der Waals surface area contributed by atoms with Crippen molar-refractivity contribution < 1.29 is 14.8 Å². The Balaban J connectivity index is 2.29. The molecule has 1 aromatic carbocycles. The number of rotatable bonds is 5. The summed E-state index contributed by atoms with van der Waals surface area (Å²) in [6, 6.07) is 4.61. The van der Waals surface area contributed by atoms with Crippen LogP contribution < -0.4 is 10.1 Å². The van der Waals surface area contributed by atoms with Gasteiger partial charge in [-0.05, 0) is 37.7 Å². The van der Waals surface area contributed by atoms with Crippen molar-refractivity contribution in [3.05, 3.63) is 28.3 Å². The molecule has 1 fully saturated rings. The van der Waals surface area contributed by atoms with Crippen LogP contribution in [0.3, 0.4) is 0 Å². The predicted octanol–water partition coefficient (Wildman–Crippen LogP) is 2.96. The largest absolute Gasteiger partial charge is 0.497 e. The number of nitrogens with zero attached hydrogens (tertiary/aromatic N) is 1. The summed E-state index contributed by atoms with van der Waals surface area (Å²) in [7, 11) is 1.52. The molecule has 0 aliphatic heterocycles. The molecule has 0 spiro atoms. The fourth-order valence-electron chi connectivity index (χ4n) is 2.82. The number of benzene rings is 1. The summed E-state index contributed by atoms with van der Waals surface area (Å²) < 4.78 is 5.14. The van der Waals surface area contributed by atoms with Crippen LogP contribution >= 0.6 is 0 Å². The highest BCUT2D eigenvalue weighted by atomic mass is 16.6. The molecule has 2 rings (SSSR count). The van der Waals surface area contributed by atoms with E-state index in [1.165, 1.54) is 13.2 Å². The SMILES string of the molecule is COc1ccc([N+](=O)[O-])c(NC2(CO)CCC(C)CC2)c1. The topological polar surface area (TPSA) is 84.6 Å². The first-order valence-electron chi connectivity index (χ1n) is 7.21. The van der Waals surface area contributed by atoms with Crippen LogP contribution in [0.2, 0.25) is 0 Å². The molecule has 6 heteroatoms. The van der Waals surface area contributed by atoms with E-state index >= 15 is 0 Å². The minimum absolute atomic E-state index is 0.00208. The Labute approximate surface area is 124 Å². The molecule has 6 nitrogen and oxygen atoms in total. The first-order chi connectivity index (χ1) is 9.99. The molecule has 0 heterocycles. The second-order valence-corrected chi connectivity index (χ2v) is 5.89. The van der Waals surface area contributed by atoms with Crippen molar-refractivity contribution in [3.8, 4) is 5.75 Å². The van der Waals surface area contributed by atoms with Gasteiger partial charge in [-0.2, -0.15) is 0 Å². The maximum absolute atomic E-state index is 11.2. The van der Waals surface area contributed by atoms with Gasteiger partial charge in [0.25, 0.3) is 5.69 Å². The van der Waals surface area contributed by atoms with E-state index in [0.717, 1.165) is 25.7 Å². The molecule has 0 bridgehead atoms. The van der Waals surface area contributed by atoms with Crippen LogP contribution in [0.4, 0.5) is 11.4 Å². The summed E-state index contributed by atoms with van der Waals surface area (Å²) in [5, 5.41) is 24.2. The molecule has 1 aliphatic carbocycles. The summed E-state index contributed by atoms with van der Waals surface area (Å²) in [5.74, 6) is 1.19. The molecule has 21 heavy (non-hydrogen) atoms. The van der Waals surface area contributed by atoms with Crippen molar-refractivity contribution in [2.24, 2.45) is 5.92 Å². The lowest BCUT2D eigenvalue weighted by atomic mass is 9.77. The quantitative estimate of drug-likeness (QED) is 0.644. The minimum Gasteiger partial charge on any atom is -0.497 e. The molecular formula is C15H22N2O4. The van der Waals surface area contributed by atoms with Gasteiger partial charge in [-0.15, -0.1) is 0 Å². The molecule has 116 valence electrons. The van der Waals surface area contributed by atoms with E-state index < -0.39 is 10.5 Å². The van der Waals surface area contributed by atoms with Gasteiger partial charge in [-0.25, -0.2) is 0 Å². The van der Waals surface area contributed by atoms with E-state index in [1.54, 1.807) is 12.1 Å². The van der Waals surface area contributed by atoms with Gasteiger partial charge in [0.1, 0.15) is 11.4 Å². The Morgan fingerprint density at radius 3 is 2.67 bits per heavy atom. The zero-order valence-corrected chi connectivity index (χ0v) is 12.5. The van der Waals surface area contributed by atoms with Crippen molar-refractivity contribution >= 4 is 11.4 Å². The van der Waals surface area contributed by atoms with Crippen molar-refractivity contribution in [2.75, 3.05) is 19.0 Å². The van der Waals surface area contributed by atoms with Gasteiger partial charge in [0.15, 0.2) is 0 Å². The molecule has 0 radical (unpaired) electrons. The number of aliphatic hydroxyl groups excluding tert-OH is 1. The van der Waals surface area contributed by atoms with Gasteiger partial charge in [0.2, 0.25) is 0 Å². The van der Waals surface area contributed by atoms with Crippen LogP contribution in [0.25, 0.3) is 0 Å². The molecule has 2 N–H and O–H groups in total. The molecule has 0 saturated heterocycles. The van der Waals surface area contributed by atoms with E-state index in [-0.39, 0.29) is 12.3 Å². The number of nitrogens with one attached hydrogen (secondary N) is 1. The smallest absolute Gasteiger partial charge is 0.292 e. The maximum atomic E-state index is 11.2. The van der Waals surface area contributed by atoms with Crippen molar-refractivity contribution in [2.45, 2.75) is 38.1 Å². The standard InChI is InChI=1S/C15H22N2O4/c1-11-5-7-15(10-18,8-6-11)16-13-9-12(21-2)3-4-14(13)17(19)20/h3-4,9,11,16,18H,5-8,10H2,1-2H3. The molecule has 0 unspecified atom stereocenters. The molecule has 0 amide bonds. The second-order valence-electron chi connectivity index (χ2n) is 5.89. The van der Waals surface area contributed by atoms with E-state index in [9.17, 15) is 15.2 Å². The lowest BCUT2D eigenvalue weighted by Crippen LogP contribution is -2.45. The number of nitro benzene ring substituents is 1. The Kier molecular flexibility index (Phi) is 4.67. The lowest BCUT2D eigenvalue weighted by Gasteiger charge is -2.39. The molecule has 1 aliphatic rings. The van der Waals surface area contributed by atoms with E-state index in [0.29, 0.717) is 17.4 Å². The fourth-order valence-corrected chi connectivity index (χ4v) is 2.82. The average Bonchev–Trinajstić information content (AvgIpc) is 2.49. The van der Waals surface area contributed by atoms with E-state index in [2.05, 4.69) is 12.2 Å². The lowest BCUT2D eigenvalue weighted by molar-refractivity contribution is -0.384. The Hall–Kier alpha value is -1.82.